The van der Waals surface area contributed by atoms with Gasteiger partial charge in [-0.25, -0.2) is 0 Å². The highest BCUT2D eigenvalue weighted by Crippen LogP contribution is 2.35. The first-order valence-electron chi connectivity index (χ1n) is 12.3. The lowest BCUT2D eigenvalue weighted by molar-refractivity contribution is 0.270. The van der Waals surface area contributed by atoms with E-state index in [1.54, 1.807) is 7.11 Å². The molecular weight excluding hydrogens is 358 g/mol. The number of ether oxygens (including phenoxy) is 2. The Morgan fingerprint density at radius 2 is 1.45 bits per heavy atom. The first-order chi connectivity index (χ1) is 14.3. The number of methoxy groups -OCH3 is 1. The summed E-state index contributed by atoms with van der Waals surface area (Å²) in [7, 11) is 1.77. The Morgan fingerprint density at radius 1 is 0.828 bits per heavy atom. The highest BCUT2D eigenvalue weighted by Gasteiger charge is 2.18. The molecule has 3 nitrogen and oxygen atoms in total. The summed E-state index contributed by atoms with van der Waals surface area (Å²) in [6, 6.07) is 4.48. The van der Waals surface area contributed by atoms with Crippen molar-refractivity contribution in [2.45, 2.75) is 104 Å². The van der Waals surface area contributed by atoms with Crippen molar-refractivity contribution >= 4 is 0 Å². The molecule has 1 heterocycles. The van der Waals surface area contributed by atoms with E-state index in [-0.39, 0.29) is 0 Å². The lowest BCUT2D eigenvalue weighted by atomic mass is 10.1. The lowest BCUT2D eigenvalue weighted by Crippen LogP contribution is -2.19. The molecular formula is C26H45NO2. The molecule has 1 aliphatic rings. The predicted octanol–water partition coefficient (Wildman–Crippen LogP) is 7.15. The third kappa shape index (κ3) is 8.99. The van der Waals surface area contributed by atoms with Gasteiger partial charge in [0.1, 0.15) is 0 Å². The van der Waals surface area contributed by atoms with E-state index < -0.39 is 0 Å². The fourth-order valence-corrected chi connectivity index (χ4v) is 4.31. The molecule has 1 saturated heterocycles. The Labute approximate surface area is 180 Å². The Hall–Kier alpha value is -1.22. The van der Waals surface area contributed by atoms with Crippen molar-refractivity contribution < 1.29 is 9.47 Å². The van der Waals surface area contributed by atoms with Gasteiger partial charge in [-0.05, 0) is 50.4 Å². The van der Waals surface area contributed by atoms with Gasteiger partial charge >= 0.3 is 0 Å². The molecule has 0 bridgehead atoms. The van der Waals surface area contributed by atoms with Crippen LogP contribution in [0.4, 0.5) is 0 Å². The van der Waals surface area contributed by atoms with Crippen LogP contribution < -0.4 is 9.47 Å². The highest BCUT2D eigenvalue weighted by molar-refractivity contribution is 5.49. The van der Waals surface area contributed by atoms with Crippen molar-refractivity contribution in [2.75, 3.05) is 26.8 Å². The minimum absolute atomic E-state index is 0.797. The Bertz CT molecular complexity index is 552. The van der Waals surface area contributed by atoms with E-state index >= 15 is 0 Å². The molecule has 0 aromatic heterocycles. The van der Waals surface area contributed by atoms with E-state index in [1.807, 2.05) is 0 Å². The quantitative estimate of drug-likeness (QED) is 0.273. The molecule has 0 radical (unpaired) electrons. The topological polar surface area (TPSA) is 21.7 Å². The largest absolute Gasteiger partial charge is 0.493 e. The molecule has 0 amide bonds. The van der Waals surface area contributed by atoms with Crippen LogP contribution in [0.15, 0.2) is 12.1 Å². The highest BCUT2D eigenvalue weighted by atomic mass is 16.5. The van der Waals surface area contributed by atoms with Crippen molar-refractivity contribution in [3.05, 3.63) is 23.3 Å². The number of hydrogen-bond acceptors (Lipinski definition) is 3. The van der Waals surface area contributed by atoms with Crippen LogP contribution >= 0.6 is 0 Å². The molecule has 1 aliphatic heterocycles. The van der Waals surface area contributed by atoms with Crippen LogP contribution in [0.1, 0.15) is 102 Å². The monoisotopic (exact) mass is 403 g/mol. The SMILES string of the molecule is CCCCCCCCCCCCOc1c(CN2CCCC2)cc(CC)cc1OC. The molecule has 29 heavy (non-hydrogen) atoms. The minimum atomic E-state index is 0.797. The van der Waals surface area contributed by atoms with Crippen LogP contribution in [-0.4, -0.2) is 31.7 Å². The van der Waals surface area contributed by atoms with Crippen molar-refractivity contribution in [2.24, 2.45) is 0 Å². The van der Waals surface area contributed by atoms with Gasteiger partial charge in [0.2, 0.25) is 0 Å². The van der Waals surface area contributed by atoms with Crippen molar-refractivity contribution in [1.82, 2.24) is 4.90 Å². The first-order valence-corrected chi connectivity index (χ1v) is 12.3. The summed E-state index contributed by atoms with van der Waals surface area (Å²) < 4.78 is 12.0. The number of nitrogens with zero attached hydrogens (tertiary/aromatic N) is 1. The maximum absolute atomic E-state index is 6.29. The van der Waals surface area contributed by atoms with Crippen LogP contribution in [0.25, 0.3) is 0 Å². The molecule has 1 fully saturated rings. The van der Waals surface area contributed by atoms with Gasteiger partial charge in [-0.1, -0.05) is 77.7 Å². The van der Waals surface area contributed by atoms with Gasteiger partial charge in [-0.2, -0.15) is 0 Å². The summed E-state index contributed by atoms with van der Waals surface area (Å²) in [6.07, 6.45) is 17.2. The van der Waals surface area contributed by atoms with Crippen molar-refractivity contribution in [3.8, 4) is 11.5 Å². The molecule has 1 aromatic carbocycles. The Kier molecular flexibility index (Phi) is 12.2. The lowest BCUT2D eigenvalue weighted by Gasteiger charge is -2.21. The number of likely N-dealkylation sites (tertiary alicyclic amines) is 1. The molecule has 0 spiro atoms. The van der Waals surface area contributed by atoms with E-state index in [4.69, 9.17) is 9.47 Å². The molecule has 0 atom stereocenters. The fraction of sp³-hybridized carbons (Fsp3) is 0.769. The van der Waals surface area contributed by atoms with Crippen LogP contribution in [0, 0.1) is 0 Å². The second-order valence-electron chi connectivity index (χ2n) is 8.65. The summed E-state index contributed by atoms with van der Waals surface area (Å²) in [5.41, 5.74) is 2.64. The van der Waals surface area contributed by atoms with Gasteiger partial charge in [0.05, 0.1) is 13.7 Å². The molecule has 0 unspecified atom stereocenters. The average molecular weight is 404 g/mol. The summed E-state index contributed by atoms with van der Waals surface area (Å²) in [4.78, 5) is 2.54. The molecule has 0 saturated carbocycles. The fourth-order valence-electron chi connectivity index (χ4n) is 4.31. The van der Waals surface area contributed by atoms with Crippen LogP contribution in [-0.2, 0) is 13.0 Å². The smallest absolute Gasteiger partial charge is 0.165 e. The van der Waals surface area contributed by atoms with E-state index in [2.05, 4.69) is 30.9 Å². The van der Waals surface area contributed by atoms with Crippen molar-refractivity contribution in [3.63, 3.8) is 0 Å². The third-order valence-corrected chi connectivity index (χ3v) is 6.16. The zero-order valence-corrected chi connectivity index (χ0v) is 19.4. The first kappa shape index (κ1) is 24.1. The van der Waals surface area contributed by atoms with Crippen LogP contribution in [0.2, 0.25) is 0 Å². The number of hydrogen-bond donors (Lipinski definition) is 0. The molecule has 0 N–H and O–H groups in total. The second-order valence-corrected chi connectivity index (χ2v) is 8.65. The number of benzene rings is 1. The summed E-state index contributed by atoms with van der Waals surface area (Å²) >= 11 is 0. The molecule has 0 aliphatic carbocycles. The molecule has 3 heteroatoms. The van der Waals surface area contributed by atoms with Gasteiger partial charge in [0, 0.05) is 12.1 Å². The maximum atomic E-state index is 6.29. The Morgan fingerprint density at radius 3 is 2.03 bits per heavy atom. The van der Waals surface area contributed by atoms with Crippen LogP contribution in [0.3, 0.4) is 0 Å². The zero-order valence-electron chi connectivity index (χ0n) is 19.4. The summed E-state index contributed by atoms with van der Waals surface area (Å²) in [5.74, 6) is 1.89. The zero-order chi connectivity index (χ0) is 20.7. The van der Waals surface area contributed by atoms with Gasteiger partial charge in [0.25, 0.3) is 0 Å². The maximum Gasteiger partial charge on any atom is 0.165 e. The number of unbranched alkanes of at least 4 members (excludes halogenated alkanes) is 9. The summed E-state index contributed by atoms with van der Waals surface area (Å²) in [5, 5.41) is 0. The Balaban J connectivity index is 1.75. The van der Waals surface area contributed by atoms with E-state index in [0.717, 1.165) is 37.5 Å². The molecule has 1 aromatic rings. The predicted molar refractivity (Wildman–Crippen MR) is 124 cm³/mol. The summed E-state index contributed by atoms with van der Waals surface area (Å²) in [6.45, 7) is 8.68. The van der Waals surface area contributed by atoms with Gasteiger partial charge in [-0.3, -0.25) is 4.90 Å². The third-order valence-electron chi connectivity index (χ3n) is 6.16. The molecule has 166 valence electrons. The molecule has 2 rings (SSSR count). The van der Waals surface area contributed by atoms with Crippen molar-refractivity contribution in [1.29, 1.82) is 0 Å². The van der Waals surface area contributed by atoms with Crippen LogP contribution in [0.5, 0.6) is 11.5 Å². The minimum Gasteiger partial charge on any atom is -0.493 e. The average Bonchev–Trinajstić information content (AvgIpc) is 3.25. The van der Waals surface area contributed by atoms with Gasteiger partial charge in [0.15, 0.2) is 11.5 Å². The normalized spacial score (nSPS) is 14.4. The van der Waals surface area contributed by atoms with E-state index in [9.17, 15) is 0 Å². The van der Waals surface area contributed by atoms with Gasteiger partial charge in [-0.15, -0.1) is 0 Å². The van der Waals surface area contributed by atoms with Gasteiger partial charge < -0.3 is 9.47 Å². The van der Waals surface area contributed by atoms with E-state index in [0.29, 0.717) is 0 Å². The van der Waals surface area contributed by atoms with E-state index in [1.165, 1.54) is 94.8 Å². The standard InChI is InChI=1S/C26H45NO2/c1-4-6-7-8-9-10-11-12-13-16-19-29-26-24(22-27-17-14-15-18-27)20-23(5-2)21-25(26)28-3/h20-21H,4-19,22H2,1-3H3. The number of rotatable bonds is 16. The second kappa shape index (κ2) is 14.7. The number of aryl methyl sites for hydroxylation is 1.